The van der Waals surface area contributed by atoms with Gasteiger partial charge in [-0.3, -0.25) is 4.79 Å². The minimum Gasteiger partial charge on any atom is -0.481 e. The Hall–Kier alpha value is -0.900. The lowest BCUT2D eigenvalue weighted by atomic mass is 10.1. The van der Waals surface area contributed by atoms with Gasteiger partial charge in [0, 0.05) is 13.5 Å². The summed E-state index contributed by atoms with van der Waals surface area (Å²) in [4.78, 5) is 20.8. The Morgan fingerprint density at radius 1 is 1.50 bits per heavy atom. The summed E-state index contributed by atoms with van der Waals surface area (Å²) in [6.45, 7) is 1.48. The van der Waals surface area contributed by atoms with Crippen molar-refractivity contribution in [3.63, 3.8) is 0 Å². The summed E-state index contributed by atoms with van der Waals surface area (Å²) in [6, 6.07) is 0. The number of Topliss-reactive ketones (excluding diaryl/α,β-unsaturated/α-hetero) is 1. The van der Waals surface area contributed by atoms with E-state index >= 15 is 0 Å². The molecule has 70 valence electrons. The molecule has 0 fully saturated rings. The zero-order valence-electron chi connectivity index (χ0n) is 7.37. The molecule has 0 saturated heterocycles. The van der Waals surface area contributed by atoms with Crippen LogP contribution in [-0.2, 0) is 14.3 Å². The van der Waals surface area contributed by atoms with Crippen molar-refractivity contribution in [2.75, 3.05) is 7.11 Å². The first kappa shape index (κ1) is 11.1. The number of carboxylic acid groups (broad SMARTS) is 1. The predicted octanol–water partition coefficient (Wildman–Crippen LogP) is 0.845. The maximum absolute atomic E-state index is 10.5. The highest BCUT2D eigenvalue weighted by molar-refractivity contribution is 5.75. The second-order valence-electron chi connectivity index (χ2n) is 2.70. The van der Waals surface area contributed by atoms with Gasteiger partial charge in [-0.25, -0.2) is 0 Å². The monoisotopic (exact) mass is 174 g/mol. The summed E-state index contributed by atoms with van der Waals surface area (Å²) in [5, 5.41) is 8.42. The SMILES string of the molecule is CO[C@@H](CCC(C)=O)CC(=O)O. The molecule has 0 radical (unpaired) electrons. The maximum Gasteiger partial charge on any atom is 0.305 e. The molecule has 4 heteroatoms. The third-order valence-electron chi connectivity index (χ3n) is 1.55. The molecule has 0 bridgehead atoms. The molecule has 0 aliphatic carbocycles. The largest absolute Gasteiger partial charge is 0.481 e. The molecule has 0 aromatic carbocycles. The number of aliphatic carboxylic acids is 1. The second kappa shape index (κ2) is 5.71. The van der Waals surface area contributed by atoms with Gasteiger partial charge >= 0.3 is 5.97 Å². The van der Waals surface area contributed by atoms with Gasteiger partial charge in [0.2, 0.25) is 0 Å². The predicted molar refractivity (Wildman–Crippen MR) is 43.0 cm³/mol. The van der Waals surface area contributed by atoms with Crippen LogP contribution >= 0.6 is 0 Å². The van der Waals surface area contributed by atoms with Crippen molar-refractivity contribution >= 4 is 11.8 Å². The standard InChI is InChI=1S/C8H14O4/c1-6(9)3-4-7(12-2)5-8(10)11/h7H,3-5H2,1-2H3,(H,10,11)/t7-/m0/s1. The third kappa shape index (κ3) is 5.85. The van der Waals surface area contributed by atoms with Crippen molar-refractivity contribution in [2.45, 2.75) is 32.3 Å². The smallest absolute Gasteiger partial charge is 0.305 e. The van der Waals surface area contributed by atoms with E-state index in [1.54, 1.807) is 0 Å². The van der Waals surface area contributed by atoms with E-state index in [1.165, 1.54) is 14.0 Å². The fraction of sp³-hybridized carbons (Fsp3) is 0.750. The molecule has 0 aliphatic heterocycles. The van der Waals surface area contributed by atoms with Gasteiger partial charge in [0.25, 0.3) is 0 Å². The maximum atomic E-state index is 10.5. The lowest BCUT2D eigenvalue weighted by molar-refractivity contribution is -0.140. The quantitative estimate of drug-likeness (QED) is 0.648. The first-order chi connectivity index (χ1) is 5.56. The lowest BCUT2D eigenvalue weighted by Gasteiger charge is -2.10. The van der Waals surface area contributed by atoms with Crippen molar-refractivity contribution in [3.8, 4) is 0 Å². The van der Waals surface area contributed by atoms with Crippen molar-refractivity contribution < 1.29 is 19.4 Å². The number of carbonyl (C=O) groups is 2. The number of hydrogen-bond acceptors (Lipinski definition) is 3. The molecule has 0 aliphatic rings. The highest BCUT2D eigenvalue weighted by Crippen LogP contribution is 2.06. The highest BCUT2D eigenvalue weighted by Gasteiger charge is 2.12. The molecule has 0 amide bonds. The van der Waals surface area contributed by atoms with Gasteiger partial charge in [0.15, 0.2) is 0 Å². The zero-order chi connectivity index (χ0) is 9.56. The number of ketones is 1. The van der Waals surface area contributed by atoms with Crippen LogP contribution in [0, 0.1) is 0 Å². The Morgan fingerprint density at radius 3 is 2.42 bits per heavy atom. The van der Waals surface area contributed by atoms with Gasteiger partial charge in [-0.2, -0.15) is 0 Å². The molecule has 0 rings (SSSR count). The first-order valence-electron chi connectivity index (χ1n) is 3.80. The molecule has 12 heavy (non-hydrogen) atoms. The van der Waals surface area contributed by atoms with Gasteiger partial charge in [0.05, 0.1) is 12.5 Å². The van der Waals surface area contributed by atoms with Crippen LogP contribution in [0.4, 0.5) is 0 Å². The summed E-state index contributed by atoms with van der Waals surface area (Å²) in [6.07, 6.45) is 0.486. The van der Waals surface area contributed by atoms with Gasteiger partial charge in [-0.15, -0.1) is 0 Å². The number of hydrogen-bond donors (Lipinski definition) is 1. The van der Waals surface area contributed by atoms with Crippen LogP contribution in [0.3, 0.4) is 0 Å². The minimum absolute atomic E-state index is 0.0379. The van der Waals surface area contributed by atoms with Gasteiger partial charge in [-0.05, 0) is 13.3 Å². The average molecular weight is 174 g/mol. The fourth-order valence-corrected chi connectivity index (χ4v) is 0.862. The molecule has 4 nitrogen and oxygen atoms in total. The Bertz CT molecular complexity index is 164. The molecule has 0 saturated carbocycles. The molecular formula is C8H14O4. The van der Waals surface area contributed by atoms with E-state index in [0.29, 0.717) is 12.8 Å². The molecule has 0 heterocycles. The van der Waals surface area contributed by atoms with E-state index in [9.17, 15) is 9.59 Å². The van der Waals surface area contributed by atoms with E-state index in [0.717, 1.165) is 0 Å². The van der Waals surface area contributed by atoms with Crippen molar-refractivity contribution in [1.82, 2.24) is 0 Å². The number of ether oxygens (including phenoxy) is 1. The number of carboxylic acids is 1. The average Bonchev–Trinajstić information content (AvgIpc) is 1.97. The lowest BCUT2D eigenvalue weighted by Crippen LogP contribution is -2.16. The number of carbonyl (C=O) groups excluding carboxylic acids is 1. The van der Waals surface area contributed by atoms with E-state index in [-0.39, 0.29) is 18.3 Å². The van der Waals surface area contributed by atoms with Crippen LogP contribution in [0.1, 0.15) is 26.2 Å². The Morgan fingerprint density at radius 2 is 2.08 bits per heavy atom. The molecule has 0 aromatic rings. The minimum atomic E-state index is -0.898. The van der Waals surface area contributed by atoms with Crippen LogP contribution in [0.15, 0.2) is 0 Å². The van der Waals surface area contributed by atoms with Crippen LogP contribution < -0.4 is 0 Å². The molecule has 0 unspecified atom stereocenters. The summed E-state index contributed by atoms with van der Waals surface area (Å²) < 4.78 is 4.88. The van der Waals surface area contributed by atoms with Crippen molar-refractivity contribution in [1.29, 1.82) is 0 Å². The fourth-order valence-electron chi connectivity index (χ4n) is 0.862. The summed E-state index contributed by atoms with van der Waals surface area (Å²) in [5.74, 6) is -0.840. The molecule has 1 atom stereocenters. The normalized spacial score (nSPS) is 12.5. The summed E-state index contributed by atoms with van der Waals surface area (Å²) >= 11 is 0. The van der Waals surface area contributed by atoms with E-state index < -0.39 is 5.97 Å². The number of methoxy groups -OCH3 is 1. The van der Waals surface area contributed by atoms with Crippen LogP contribution in [-0.4, -0.2) is 30.1 Å². The third-order valence-corrected chi connectivity index (χ3v) is 1.55. The topological polar surface area (TPSA) is 63.6 Å². The molecule has 0 aromatic heterocycles. The Balaban J connectivity index is 3.67. The van der Waals surface area contributed by atoms with Crippen LogP contribution in [0.2, 0.25) is 0 Å². The summed E-state index contributed by atoms with van der Waals surface area (Å²) in [7, 11) is 1.45. The molecule has 1 N–H and O–H groups in total. The second-order valence-corrected chi connectivity index (χ2v) is 2.70. The Labute approximate surface area is 71.5 Å². The first-order valence-corrected chi connectivity index (χ1v) is 3.80. The molecule has 0 spiro atoms. The van der Waals surface area contributed by atoms with Gasteiger partial charge in [-0.1, -0.05) is 0 Å². The van der Waals surface area contributed by atoms with Gasteiger partial charge in [0.1, 0.15) is 5.78 Å². The van der Waals surface area contributed by atoms with Crippen molar-refractivity contribution in [3.05, 3.63) is 0 Å². The summed E-state index contributed by atoms with van der Waals surface area (Å²) in [5.41, 5.74) is 0. The van der Waals surface area contributed by atoms with Crippen LogP contribution in [0.5, 0.6) is 0 Å². The van der Waals surface area contributed by atoms with Crippen LogP contribution in [0.25, 0.3) is 0 Å². The zero-order valence-corrected chi connectivity index (χ0v) is 7.37. The highest BCUT2D eigenvalue weighted by atomic mass is 16.5. The number of rotatable bonds is 6. The van der Waals surface area contributed by atoms with Gasteiger partial charge < -0.3 is 14.6 Å². The molecular weight excluding hydrogens is 160 g/mol. The van der Waals surface area contributed by atoms with E-state index in [1.807, 2.05) is 0 Å². The van der Waals surface area contributed by atoms with E-state index in [2.05, 4.69) is 0 Å². The van der Waals surface area contributed by atoms with Crippen molar-refractivity contribution in [2.24, 2.45) is 0 Å². The van der Waals surface area contributed by atoms with E-state index in [4.69, 9.17) is 9.84 Å². The Kier molecular flexibility index (Phi) is 5.28.